The molecule has 12 heteroatoms. The van der Waals surface area contributed by atoms with Crippen LogP contribution in [0.3, 0.4) is 0 Å². The summed E-state index contributed by atoms with van der Waals surface area (Å²) in [6.07, 6.45) is 3.80. The molecule has 1 aromatic heterocycles. The van der Waals surface area contributed by atoms with E-state index in [9.17, 15) is 21.6 Å². The second-order valence-corrected chi connectivity index (χ2v) is 7.93. The highest BCUT2D eigenvalue weighted by Gasteiger charge is 2.11. The molecule has 1 heterocycles. The molecule has 1 amide bonds. The van der Waals surface area contributed by atoms with Crippen LogP contribution in [0.4, 0.5) is 0 Å². The van der Waals surface area contributed by atoms with E-state index < -0.39 is 26.0 Å². The van der Waals surface area contributed by atoms with Crippen molar-refractivity contribution in [2.24, 2.45) is 0 Å². The van der Waals surface area contributed by atoms with E-state index in [2.05, 4.69) is 10.4 Å². The Morgan fingerprint density at radius 3 is 2.50 bits per heavy atom. The molecule has 0 spiro atoms. The molecule has 0 bridgehead atoms. The number of rotatable bonds is 8. The first-order chi connectivity index (χ1) is 10.1. The maximum absolute atomic E-state index is 11.7. The first kappa shape index (κ1) is 18.4. The van der Waals surface area contributed by atoms with E-state index in [-0.39, 0.29) is 31.0 Å². The van der Waals surface area contributed by atoms with Crippen LogP contribution in [0, 0.1) is 0 Å². The molecular formula is C10H17N4O6S2+. The zero-order chi connectivity index (χ0) is 16.8. The number of nitrogens with one attached hydrogen (secondary N) is 2. The number of amides is 1. The Hall–Kier alpha value is -1.63. The van der Waals surface area contributed by atoms with E-state index in [1.54, 1.807) is 0 Å². The fourth-order valence-corrected chi connectivity index (χ4v) is 2.21. The topological polar surface area (TPSA) is 146 Å². The third kappa shape index (κ3) is 7.97. The van der Waals surface area contributed by atoms with E-state index in [0.29, 0.717) is 0 Å². The molecule has 0 saturated heterocycles. The lowest BCUT2D eigenvalue weighted by Gasteiger charge is -2.03. The number of hydrogen-bond acceptors (Lipinski definition) is 6. The normalized spacial score (nSPS) is 12.1. The second kappa shape index (κ2) is 7.58. The first-order valence-electron chi connectivity index (χ1n) is 6.10. The van der Waals surface area contributed by atoms with Crippen molar-refractivity contribution in [1.29, 1.82) is 0 Å². The van der Waals surface area contributed by atoms with Gasteiger partial charge in [0, 0.05) is 18.9 Å². The van der Waals surface area contributed by atoms with E-state index >= 15 is 0 Å². The van der Waals surface area contributed by atoms with Crippen LogP contribution < -0.4 is 14.7 Å². The summed E-state index contributed by atoms with van der Waals surface area (Å²) in [4.78, 5) is 11.7. The Labute approximate surface area is 128 Å². The number of carbonyl (C=O) groups excluding carboxylic acids is 1. The smallest absolute Gasteiger partial charge is 0.333 e. The zero-order valence-electron chi connectivity index (χ0n) is 11.8. The van der Waals surface area contributed by atoms with E-state index in [0.717, 1.165) is 6.26 Å². The maximum atomic E-state index is 11.7. The van der Waals surface area contributed by atoms with Gasteiger partial charge in [-0.3, -0.25) is 9.35 Å². The molecule has 124 valence electrons. The lowest BCUT2D eigenvalue weighted by atomic mass is 10.3. The van der Waals surface area contributed by atoms with Crippen LogP contribution in [0.15, 0.2) is 18.5 Å². The summed E-state index contributed by atoms with van der Waals surface area (Å²) >= 11 is 0. The fourth-order valence-electron chi connectivity index (χ4n) is 1.39. The highest BCUT2D eigenvalue weighted by molar-refractivity contribution is 7.90. The van der Waals surface area contributed by atoms with Crippen molar-refractivity contribution in [3.63, 3.8) is 0 Å². The van der Waals surface area contributed by atoms with Crippen LogP contribution in [-0.2, 0) is 26.7 Å². The number of nitrogens with zero attached hydrogens (tertiary/aromatic N) is 2. The summed E-state index contributed by atoms with van der Waals surface area (Å²) in [6, 6.07) is 1.45. The average Bonchev–Trinajstić information content (AvgIpc) is 2.36. The molecule has 0 atom stereocenters. The van der Waals surface area contributed by atoms with Crippen LogP contribution in [-0.4, -0.2) is 57.5 Å². The van der Waals surface area contributed by atoms with Gasteiger partial charge in [0.15, 0.2) is 12.7 Å². The Morgan fingerprint density at radius 2 is 2.00 bits per heavy atom. The molecule has 0 fully saturated rings. The highest BCUT2D eigenvalue weighted by atomic mass is 32.2. The molecule has 0 unspecified atom stereocenters. The molecular weight excluding hydrogens is 336 g/mol. The Balaban J connectivity index is 2.48. The average molecular weight is 353 g/mol. The minimum absolute atomic E-state index is 0.00480. The molecule has 0 aliphatic heterocycles. The van der Waals surface area contributed by atoms with Crippen molar-refractivity contribution in [3.05, 3.63) is 24.0 Å². The zero-order valence-corrected chi connectivity index (χ0v) is 13.4. The van der Waals surface area contributed by atoms with Crippen LogP contribution in [0.5, 0.6) is 0 Å². The van der Waals surface area contributed by atoms with Gasteiger partial charge in [0.05, 0.1) is 17.9 Å². The minimum atomic E-state index is -4.24. The SMILES string of the molecule is CS(=O)(=O)CCNC(=O)c1cc[n+](CCNS(=O)(=O)O)nc1. The molecule has 0 aliphatic rings. The first-order valence-corrected chi connectivity index (χ1v) is 9.61. The van der Waals surface area contributed by atoms with Crippen molar-refractivity contribution in [3.8, 4) is 0 Å². The standard InChI is InChI=1S/C10H16N4O6S2/c1-21(16,17)7-4-11-10(15)9-2-5-14(12-8-9)6-3-13-22(18,19)20/h2,5,8,13H,3-4,6-7H2,1H3,(H-,11,15,18,19,20)/p+1. The highest BCUT2D eigenvalue weighted by Crippen LogP contribution is 1.93. The van der Waals surface area contributed by atoms with Crippen molar-refractivity contribution in [2.45, 2.75) is 6.54 Å². The monoisotopic (exact) mass is 353 g/mol. The van der Waals surface area contributed by atoms with Crippen molar-refractivity contribution in [1.82, 2.24) is 15.1 Å². The predicted octanol–water partition coefficient (Wildman–Crippen LogP) is -2.46. The van der Waals surface area contributed by atoms with Gasteiger partial charge in [-0.25, -0.2) is 8.42 Å². The second-order valence-electron chi connectivity index (χ2n) is 4.43. The Kier molecular flexibility index (Phi) is 6.34. The summed E-state index contributed by atoms with van der Waals surface area (Å²) in [5, 5.41) is 6.34. The fraction of sp³-hybridized carbons (Fsp3) is 0.500. The lowest BCUT2D eigenvalue weighted by Crippen LogP contribution is -2.43. The van der Waals surface area contributed by atoms with Gasteiger partial charge in [0.1, 0.15) is 16.0 Å². The van der Waals surface area contributed by atoms with Gasteiger partial charge in [-0.15, -0.1) is 0 Å². The van der Waals surface area contributed by atoms with Gasteiger partial charge >= 0.3 is 10.3 Å². The Morgan fingerprint density at radius 1 is 1.32 bits per heavy atom. The summed E-state index contributed by atoms with van der Waals surface area (Å²) < 4.78 is 54.5. The van der Waals surface area contributed by atoms with Gasteiger partial charge in [-0.2, -0.15) is 13.1 Å². The molecule has 0 saturated carbocycles. The number of hydrogen-bond donors (Lipinski definition) is 3. The summed E-state index contributed by atoms with van der Waals surface area (Å²) in [6.45, 7) is 0.108. The number of aromatic nitrogens is 2. The third-order valence-electron chi connectivity index (χ3n) is 2.42. The van der Waals surface area contributed by atoms with Crippen molar-refractivity contribution in [2.75, 3.05) is 25.1 Å². The van der Waals surface area contributed by atoms with E-state index in [4.69, 9.17) is 4.55 Å². The largest absolute Gasteiger partial charge is 0.351 e. The molecule has 22 heavy (non-hydrogen) atoms. The molecule has 0 aliphatic carbocycles. The van der Waals surface area contributed by atoms with Gasteiger partial charge in [-0.1, -0.05) is 4.68 Å². The maximum Gasteiger partial charge on any atom is 0.333 e. The van der Waals surface area contributed by atoms with Gasteiger partial charge in [0.25, 0.3) is 5.91 Å². The number of sulfone groups is 1. The van der Waals surface area contributed by atoms with Crippen LogP contribution >= 0.6 is 0 Å². The van der Waals surface area contributed by atoms with Crippen LogP contribution in [0.1, 0.15) is 10.4 Å². The summed E-state index contributed by atoms with van der Waals surface area (Å²) in [5.41, 5.74) is 0.243. The predicted molar refractivity (Wildman–Crippen MR) is 76.0 cm³/mol. The minimum Gasteiger partial charge on any atom is -0.351 e. The van der Waals surface area contributed by atoms with Gasteiger partial charge in [-0.05, 0) is 5.10 Å². The summed E-state index contributed by atoms with van der Waals surface area (Å²) in [7, 11) is -7.38. The quantitative estimate of drug-likeness (QED) is 0.347. The van der Waals surface area contributed by atoms with Crippen molar-refractivity contribution < 1.29 is 30.9 Å². The Bertz CT molecular complexity index is 714. The summed E-state index contributed by atoms with van der Waals surface area (Å²) in [5.74, 6) is -0.611. The van der Waals surface area contributed by atoms with E-state index in [1.165, 1.54) is 23.1 Å². The van der Waals surface area contributed by atoms with Gasteiger partial charge in [0.2, 0.25) is 0 Å². The molecule has 10 nitrogen and oxygen atoms in total. The molecule has 1 rings (SSSR count). The molecule has 0 radical (unpaired) electrons. The molecule has 1 aromatic rings. The number of carbonyl (C=O) groups is 1. The third-order valence-corrected chi connectivity index (χ3v) is 3.93. The van der Waals surface area contributed by atoms with E-state index in [1.807, 2.05) is 4.72 Å². The van der Waals surface area contributed by atoms with Gasteiger partial charge < -0.3 is 5.32 Å². The lowest BCUT2D eigenvalue weighted by molar-refractivity contribution is -0.752. The van der Waals surface area contributed by atoms with Crippen molar-refractivity contribution >= 4 is 26.0 Å². The van der Waals surface area contributed by atoms with Crippen LogP contribution in [0.25, 0.3) is 0 Å². The molecule has 0 aromatic carbocycles. The molecule has 3 N–H and O–H groups in total. The van der Waals surface area contributed by atoms with Crippen LogP contribution in [0.2, 0.25) is 0 Å².